The third-order valence-electron chi connectivity index (χ3n) is 3.20. The van der Waals surface area contributed by atoms with Crippen LogP contribution in [0.4, 0.5) is 5.69 Å². The molecule has 1 aliphatic carbocycles. The maximum atomic E-state index is 10.6. The minimum absolute atomic E-state index is 0.0724. The topological polar surface area (TPSA) is 78.4 Å². The Morgan fingerprint density at radius 2 is 2.28 bits per heavy atom. The Balaban J connectivity index is 1.99. The van der Waals surface area contributed by atoms with Crippen molar-refractivity contribution in [3.05, 3.63) is 38.3 Å². The lowest BCUT2D eigenvalue weighted by Crippen LogP contribution is -2.31. The average molecular weight is 315 g/mol. The fourth-order valence-corrected chi connectivity index (χ4v) is 2.61. The van der Waals surface area contributed by atoms with E-state index in [0.717, 1.165) is 24.8 Å². The molecule has 2 N–H and O–H groups in total. The Morgan fingerprint density at radius 1 is 1.50 bits per heavy atom. The van der Waals surface area contributed by atoms with Crippen LogP contribution >= 0.6 is 15.9 Å². The molecule has 98 valence electrons. The van der Waals surface area contributed by atoms with Gasteiger partial charge in [-0.25, -0.2) is 0 Å². The van der Waals surface area contributed by atoms with Crippen molar-refractivity contribution >= 4 is 21.6 Å². The molecular formula is C12H15BrN2O3. The van der Waals surface area contributed by atoms with Crippen LogP contribution in [-0.2, 0) is 11.3 Å². The normalized spacial score (nSPS) is 23.2. The zero-order valence-corrected chi connectivity index (χ0v) is 11.4. The van der Waals surface area contributed by atoms with Crippen molar-refractivity contribution in [3.8, 4) is 0 Å². The summed E-state index contributed by atoms with van der Waals surface area (Å²) in [5.41, 5.74) is 6.89. The van der Waals surface area contributed by atoms with Crippen molar-refractivity contribution in [2.45, 2.75) is 38.0 Å². The second-order valence-electron chi connectivity index (χ2n) is 4.48. The summed E-state index contributed by atoms with van der Waals surface area (Å²) in [5.74, 6) is 0. The first-order valence-electron chi connectivity index (χ1n) is 5.88. The van der Waals surface area contributed by atoms with E-state index in [1.807, 2.05) is 0 Å². The highest BCUT2D eigenvalue weighted by Crippen LogP contribution is 2.26. The van der Waals surface area contributed by atoms with Crippen LogP contribution in [0.15, 0.2) is 22.7 Å². The number of nitro groups is 1. The number of nitrogens with zero attached hydrogens (tertiary/aromatic N) is 1. The van der Waals surface area contributed by atoms with Crippen LogP contribution in [0.3, 0.4) is 0 Å². The van der Waals surface area contributed by atoms with Crippen molar-refractivity contribution in [3.63, 3.8) is 0 Å². The molecule has 0 spiro atoms. The Labute approximate surface area is 114 Å². The van der Waals surface area contributed by atoms with Gasteiger partial charge in [-0.2, -0.15) is 0 Å². The number of hydrogen-bond donors (Lipinski definition) is 1. The maximum Gasteiger partial charge on any atom is 0.270 e. The lowest BCUT2D eigenvalue weighted by Gasteiger charge is -2.16. The molecule has 0 radical (unpaired) electrons. The molecule has 2 unspecified atom stereocenters. The molecule has 0 heterocycles. The van der Waals surface area contributed by atoms with E-state index < -0.39 is 4.92 Å². The Morgan fingerprint density at radius 3 is 2.83 bits per heavy atom. The van der Waals surface area contributed by atoms with E-state index in [-0.39, 0.29) is 17.8 Å². The van der Waals surface area contributed by atoms with Crippen molar-refractivity contribution in [2.75, 3.05) is 0 Å². The number of nitrogens with two attached hydrogens (primary N) is 1. The molecule has 1 aliphatic rings. The zero-order valence-electron chi connectivity index (χ0n) is 9.84. The minimum Gasteiger partial charge on any atom is -0.372 e. The number of hydrogen-bond acceptors (Lipinski definition) is 4. The molecule has 5 nitrogen and oxygen atoms in total. The van der Waals surface area contributed by atoms with Gasteiger partial charge in [-0.15, -0.1) is 0 Å². The molecule has 1 fully saturated rings. The molecule has 1 saturated carbocycles. The van der Waals surface area contributed by atoms with Crippen molar-refractivity contribution in [1.82, 2.24) is 0 Å². The van der Waals surface area contributed by atoms with Gasteiger partial charge in [0, 0.05) is 22.6 Å². The van der Waals surface area contributed by atoms with Crippen LogP contribution in [0.2, 0.25) is 0 Å². The smallest absolute Gasteiger partial charge is 0.270 e. The van der Waals surface area contributed by atoms with E-state index in [2.05, 4.69) is 15.9 Å². The van der Waals surface area contributed by atoms with Gasteiger partial charge in [0.15, 0.2) is 0 Å². The molecule has 2 atom stereocenters. The highest BCUT2D eigenvalue weighted by Gasteiger charge is 2.24. The molecule has 1 aromatic carbocycles. The van der Waals surface area contributed by atoms with Crippen LogP contribution in [0, 0.1) is 10.1 Å². The molecule has 0 bridgehead atoms. The van der Waals surface area contributed by atoms with Gasteiger partial charge in [-0.05, 0) is 30.9 Å². The summed E-state index contributed by atoms with van der Waals surface area (Å²) in [7, 11) is 0. The fourth-order valence-electron chi connectivity index (χ4n) is 2.13. The number of ether oxygens (including phenoxy) is 1. The van der Waals surface area contributed by atoms with Gasteiger partial charge in [0.1, 0.15) is 0 Å². The standard InChI is InChI=1S/C12H15BrN2O3/c13-10-6-9(15(16)17)5-4-8(10)7-18-12-3-1-2-11(12)14/h4-6,11-12H,1-3,7,14H2. The van der Waals surface area contributed by atoms with E-state index in [9.17, 15) is 10.1 Å². The van der Waals surface area contributed by atoms with Gasteiger partial charge in [0.25, 0.3) is 5.69 Å². The quantitative estimate of drug-likeness (QED) is 0.684. The van der Waals surface area contributed by atoms with E-state index >= 15 is 0 Å². The number of nitro benzene ring substituents is 1. The number of rotatable bonds is 4. The largest absolute Gasteiger partial charge is 0.372 e. The number of benzene rings is 1. The van der Waals surface area contributed by atoms with Gasteiger partial charge < -0.3 is 10.5 Å². The summed E-state index contributed by atoms with van der Waals surface area (Å²) in [6.45, 7) is 0.428. The number of halogens is 1. The average Bonchev–Trinajstić information content (AvgIpc) is 2.73. The lowest BCUT2D eigenvalue weighted by atomic mass is 10.2. The van der Waals surface area contributed by atoms with Crippen LogP contribution < -0.4 is 5.73 Å². The van der Waals surface area contributed by atoms with Crippen LogP contribution in [-0.4, -0.2) is 17.1 Å². The van der Waals surface area contributed by atoms with Gasteiger partial charge in [0.2, 0.25) is 0 Å². The van der Waals surface area contributed by atoms with E-state index in [1.54, 1.807) is 6.07 Å². The molecule has 2 rings (SSSR count). The number of non-ortho nitro benzene ring substituents is 1. The predicted octanol–water partition coefficient (Wildman–Crippen LogP) is 2.75. The van der Waals surface area contributed by atoms with Gasteiger partial charge in [0.05, 0.1) is 17.6 Å². The van der Waals surface area contributed by atoms with Crippen LogP contribution in [0.5, 0.6) is 0 Å². The van der Waals surface area contributed by atoms with Crippen molar-refractivity contribution < 1.29 is 9.66 Å². The Bertz CT molecular complexity index is 453. The predicted molar refractivity (Wildman–Crippen MR) is 71.2 cm³/mol. The highest BCUT2D eigenvalue weighted by molar-refractivity contribution is 9.10. The summed E-state index contributed by atoms with van der Waals surface area (Å²) >= 11 is 3.32. The fraction of sp³-hybridized carbons (Fsp3) is 0.500. The van der Waals surface area contributed by atoms with Gasteiger partial charge >= 0.3 is 0 Å². The van der Waals surface area contributed by atoms with Crippen LogP contribution in [0.1, 0.15) is 24.8 Å². The van der Waals surface area contributed by atoms with E-state index in [1.165, 1.54) is 12.1 Å². The zero-order chi connectivity index (χ0) is 13.1. The third-order valence-corrected chi connectivity index (χ3v) is 3.94. The van der Waals surface area contributed by atoms with E-state index in [4.69, 9.17) is 10.5 Å². The Kier molecular flexibility index (Phi) is 4.31. The summed E-state index contributed by atoms with van der Waals surface area (Å²) < 4.78 is 6.46. The maximum absolute atomic E-state index is 10.6. The van der Waals surface area contributed by atoms with E-state index in [0.29, 0.717) is 11.1 Å². The molecule has 0 aromatic heterocycles. The molecule has 0 saturated heterocycles. The molecule has 0 aliphatic heterocycles. The summed E-state index contributed by atoms with van der Waals surface area (Å²) in [5, 5.41) is 10.6. The molecule has 0 amide bonds. The second-order valence-corrected chi connectivity index (χ2v) is 5.33. The van der Waals surface area contributed by atoms with Crippen molar-refractivity contribution in [1.29, 1.82) is 0 Å². The molecule has 6 heteroatoms. The van der Waals surface area contributed by atoms with Crippen molar-refractivity contribution in [2.24, 2.45) is 5.73 Å². The molecule has 1 aromatic rings. The first-order valence-corrected chi connectivity index (χ1v) is 6.67. The second kappa shape index (κ2) is 5.77. The van der Waals surface area contributed by atoms with Crippen LogP contribution in [0.25, 0.3) is 0 Å². The van der Waals surface area contributed by atoms with Gasteiger partial charge in [-0.3, -0.25) is 10.1 Å². The first kappa shape index (κ1) is 13.5. The summed E-state index contributed by atoms with van der Waals surface area (Å²) in [6.07, 6.45) is 3.21. The molecule has 18 heavy (non-hydrogen) atoms. The Hall–Kier alpha value is -0.980. The SMILES string of the molecule is NC1CCCC1OCc1ccc([N+](=O)[O-])cc1Br. The third kappa shape index (κ3) is 3.07. The lowest BCUT2D eigenvalue weighted by molar-refractivity contribution is -0.384. The minimum atomic E-state index is -0.414. The first-order chi connectivity index (χ1) is 8.58. The molecular weight excluding hydrogens is 300 g/mol. The van der Waals surface area contributed by atoms with Gasteiger partial charge in [-0.1, -0.05) is 15.9 Å². The monoisotopic (exact) mass is 314 g/mol. The summed E-state index contributed by atoms with van der Waals surface area (Å²) in [4.78, 5) is 10.2. The highest BCUT2D eigenvalue weighted by atomic mass is 79.9. The summed E-state index contributed by atoms with van der Waals surface area (Å²) in [6, 6.07) is 4.80.